The fourth-order valence-corrected chi connectivity index (χ4v) is 1.49. The van der Waals surface area contributed by atoms with Gasteiger partial charge in [0.15, 0.2) is 0 Å². The molecule has 76 valence electrons. The minimum atomic E-state index is -0.185. The quantitative estimate of drug-likeness (QED) is 0.718. The zero-order valence-electron chi connectivity index (χ0n) is 8.29. The van der Waals surface area contributed by atoms with E-state index in [0.717, 1.165) is 11.8 Å². The van der Waals surface area contributed by atoms with Gasteiger partial charge >= 0.3 is 0 Å². The normalized spacial score (nSPS) is 12.2. The first-order valence-electron chi connectivity index (χ1n) is 4.57. The maximum Gasteiger partial charge on any atom is 0.141 e. The van der Waals surface area contributed by atoms with Gasteiger partial charge in [-0.2, -0.15) is 0 Å². The molecule has 1 unspecified atom stereocenters. The molecule has 1 aromatic carbocycles. The Hall–Kier alpha value is -1.02. The van der Waals surface area contributed by atoms with Crippen LogP contribution in [0.1, 0.15) is 25.3 Å². The van der Waals surface area contributed by atoms with Gasteiger partial charge in [0.25, 0.3) is 0 Å². The van der Waals surface area contributed by atoms with Gasteiger partial charge < -0.3 is 9.53 Å². The lowest BCUT2D eigenvalue weighted by Gasteiger charge is -2.13. The number of aldehydes is 1. The van der Waals surface area contributed by atoms with E-state index < -0.39 is 0 Å². The lowest BCUT2D eigenvalue weighted by molar-refractivity contribution is -0.108. The largest absolute Gasteiger partial charge is 0.492 e. The summed E-state index contributed by atoms with van der Waals surface area (Å²) in [6.45, 7) is 4.25. The van der Waals surface area contributed by atoms with Crippen LogP contribution in [0.3, 0.4) is 0 Å². The number of rotatable bonds is 4. The second-order valence-electron chi connectivity index (χ2n) is 3.02. The first-order valence-corrected chi connectivity index (χ1v) is 4.95. The van der Waals surface area contributed by atoms with E-state index in [2.05, 4.69) is 0 Å². The maximum absolute atomic E-state index is 10.7. The molecule has 0 amide bonds. The first kappa shape index (κ1) is 11.1. The fourth-order valence-electron chi connectivity index (χ4n) is 1.25. The zero-order chi connectivity index (χ0) is 10.6. The molecular weight excluding hydrogens is 200 g/mol. The number of carbonyl (C=O) groups excluding carboxylic acids is 1. The predicted molar refractivity (Wildman–Crippen MR) is 57.1 cm³/mol. The second-order valence-corrected chi connectivity index (χ2v) is 3.42. The van der Waals surface area contributed by atoms with Gasteiger partial charge in [-0.15, -0.1) is 0 Å². The van der Waals surface area contributed by atoms with E-state index in [1.165, 1.54) is 0 Å². The highest BCUT2D eigenvalue weighted by Crippen LogP contribution is 2.32. The van der Waals surface area contributed by atoms with Gasteiger partial charge in [0.1, 0.15) is 12.0 Å². The van der Waals surface area contributed by atoms with Crippen molar-refractivity contribution in [3.8, 4) is 5.75 Å². The molecule has 0 saturated carbocycles. The monoisotopic (exact) mass is 212 g/mol. The molecule has 0 aliphatic heterocycles. The van der Waals surface area contributed by atoms with Crippen molar-refractivity contribution in [3.05, 3.63) is 28.8 Å². The van der Waals surface area contributed by atoms with Crippen LogP contribution in [-0.4, -0.2) is 12.9 Å². The molecule has 0 heterocycles. The number of ether oxygens (including phenoxy) is 1. The maximum atomic E-state index is 10.7. The summed E-state index contributed by atoms with van der Waals surface area (Å²) in [5, 5.41) is 0.554. The van der Waals surface area contributed by atoms with Crippen molar-refractivity contribution >= 4 is 17.9 Å². The molecule has 0 aromatic heterocycles. The minimum Gasteiger partial charge on any atom is -0.492 e. The molecular formula is C11H13ClO2. The molecule has 0 aliphatic rings. The summed E-state index contributed by atoms with van der Waals surface area (Å²) in [5.74, 6) is 0.437. The minimum absolute atomic E-state index is 0.185. The molecule has 0 N–H and O–H groups in total. The lowest BCUT2D eigenvalue weighted by atomic mass is 10.0. The highest BCUT2D eigenvalue weighted by Gasteiger charge is 2.13. The smallest absolute Gasteiger partial charge is 0.141 e. The summed E-state index contributed by atoms with van der Waals surface area (Å²) < 4.78 is 5.40. The molecule has 1 atom stereocenters. The molecule has 0 radical (unpaired) electrons. The molecule has 0 fully saturated rings. The van der Waals surface area contributed by atoms with Crippen molar-refractivity contribution < 1.29 is 9.53 Å². The Morgan fingerprint density at radius 1 is 1.57 bits per heavy atom. The number of para-hydroxylation sites is 1. The highest BCUT2D eigenvalue weighted by molar-refractivity contribution is 6.32. The van der Waals surface area contributed by atoms with E-state index in [-0.39, 0.29) is 5.92 Å². The van der Waals surface area contributed by atoms with Gasteiger partial charge in [0, 0.05) is 11.5 Å². The summed E-state index contributed by atoms with van der Waals surface area (Å²) in [6.07, 6.45) is 0.883. The van der Waals surface area contributed by atoms with Crippen LogP contribution >= 0.6 is 11.6 Å². The molecule has 0 bridgehead atoms. The molecule has 1 aromatic rings. The summed E-state index contributed by atoms with van der Waals surface area (Å²) >= 11 is 5.97. The van der Waals surface area contributed by atoms with Crippen molar-refractivity contribution in [1.29, 1.82) is 0 Å². The Morgan fingerprint density at radius 3 is 2.86 bits per heavy atom. The van der Waals surface area contributed by atoms with Crippen LogP contribution in [0.2, 0.25) is 5.02 Å². The van der Waals surface area contributed by atoms with E-state index in [9.17, 15) is 4.79 Å². The topological polar surface area (TPSA) is 26.3 Å². The standard InChI is InChI=1S/C11H13ClO2/c1-3-14-11-9(8(2)7-13)5-4-6-10(11)12/h4-8H,3H2,1-2H3. The third-order valence-electron chi connectivity index (χ3n) is 1.98. The average Bonchev–Trinajstić information content (AvgIpc) is 2.20. The summed E-state index contributed by atoms with van der Waals surface area (Å²) in [4.78, 5) is 10.7. The van der Waals surface area contributed by atoms with E-state index >= 15 is 0 Å². The van der Waals surface area contributed by atoms with Crippen molar-refractivity contribution in [2.45, 2.75) is 19.8 Å². The van der Waals surface area contributed by atoms with Gasteiger partial charge in [-0.05, 0) is 13.0 Å². The average molecular weight is 213 g/mol. The summed E-state index contributed by atoms with van der Waals surface area (Å²) in [5.41, 5.74) is 0.842. The SMILES string of the molecule is CCOc1c(Cl)cccc1C(C)C=O. The van der Waals surface area contributed by atoms with Crippen LogP contribution < -0.4 is 4.74 Å². The van der Waals surface area contributed by atoms with Gasteiger partial charge in [-0.25, -0.2) is 0 Å². The van der Waals surface area contributed by atoms with Gasteiger partial charge in [0.2, 0.25) is 0 Å². The van der Waals surface area contributed by atoms with Crippen molar-refractivity contribution in [1.82, 2.24) is 0 Å². The van der Waals surface area contributed by atoms with E-state index in [1.807, 2.05) is 26.0 Å². The predicted octanol–water partition coefficient (Wildman–Crippen LogP) is 3.04. The van der Waals surface area contributed by atoms with Crippen LogP contribution in [0.15, 0.2) is 18.2 Å². The second kappa shape index (κ2) is 5.01. The van der Waals surface area contributed by atoms with Gasteiger partial charge in [0.05, 0.1) is 11.6 Å². The Bertz CT molecular complexity index is 323. The zero-order valence-corrected chi connectivity index (χ0v) is 9.04. The lowest BCUT2D eigenvalue weighted by Crippen LogP contribution is -2.01. The van der Waals surface area contributed by atoms with Gasteiger partial charge in [-0.1, -0.05) is 30.7 Å². The molecule has 14 heavy (non-hydrogen) atoms. The van der Waals surface area contributed by atoms with Crippen LogP contribution in [0.4, 0.5) is 0 Å². The Kier molecular flexibility index (Phi) is 3.96. The van der Waals surface area contributed by atoms with Gasteiger partial charge in [-0.3, -0.25) is 0 Å². The van der Waals surface area contributed by atoms with Crippen LogP contribution in [0.5, 0.6) is 5.75 Å². The molecule has 1 rings (SSSR count). The summed E-state index contributed by atoms with van der Waals surface area (Å²) in [7, 11) is 0. The molecule has 0 saturated heterocycles. The number of halogens is 1. The number of hydrogen-bond acceptors (Lipinski definition) is 2. The number of hydrogen-bond donors (Lipinski definition) is 0. The van der Waals surface area contributed by atoms with Crippen LogP contribution in [0, 0.1) is 0 Å². The Labute approximate surface area is 88.8 Å². The fraction of sp³-hybridized carbons (Fsp3) is 0.364. The third-order valence-corrected chi connectivity index (χ3v) is 2.28. The molecule has 3 heteroatoms. The van der Waals surface area contributed by atoms with Crippen molar-refractivity contribution in [3.63, 3.8) is 0 Å². The Balaban J connectivity index is 3.13. The highest BCUT2D eigenvalue weighted by atomic mass is 35.5. The molecule has 2 nitrogen and oxygen atoms in total. The van der Waals surface area contributed by atoms with Crippen molar-refractivity contribution in [2.24, 2.45) is 0 Å². The van der Waals surface area contributed by atoms with E-state index in [0.29, 0.717) is 17.4 Å². The van der Waals surface area contributed by atoms with E-state index in [4.69, 9.17) is 16.3 Å². The Morgan fingerprint density at radius 2 is 2.29 bits per heavy atom. The third kappa shape index (κ3) is 2.26. The van der Waals surface area contributed by atoms with Crippen LogP contribution in [0.25, 0.3) is 0 Å². The van der Waals surface area contributed by atoms with Crippen molar-refractivity contribution in [2.75, 3.05) is 6.61 Å². The number of benzene rings is 1. The first-order chi connectivity index (χ1) is 6.70. The number of carbonyl (C=O) groups is 1. The summed E-state index contributed by atoms with van der Waals surface area (Å²) in [6, 6.07) is 5.43. The molecule has 0 spiro atoms. The van der Waals surface area contributed by atoms with Crippen LogP contribution in [-0.2, 0) is 4.79 Å². The molecule has 0 aliphatic carbocycles. The van der Waals surface area contributed by atoms with E-state index in [1.54, 1.807) is 6.07 Å².